The molecule has 0 aliphatic heterocycles. The summed E-state index contributed by atoms with van der Waals surface area (Å²) < 4.78 is 0. The Morgan fingerprint density at radius 2 is 1.94 bits per heavy atom. The SMILES string of the molecule is Cc1cccc(C(CC(N)=O)C(C)C)c1C. The molecule has 1 rings (SSSR count). The van der Waals surface area contributed by atoms with Crippen molar-refractivity contribution in [2.24, 2.45) is 11.7 Å². The molecule has 1 amide bonds. The van der Waals surface area contributed by atoms with Crippen molar-refractivity contribution in [2.75, 3.05) is 0 Å². The van der Waals surface area contributed by atoms with Crippen molar-refractivity contribution in [3.05, 3.63) is 34.9 Å². The maximum absolute atomic E-state index is 11.1. The molecule has 16 heavy (non-hydrogen) atoms. The molecular formula is C14H21NO. The van der Waals surface area contributed by atoms with Crippen LogP contribution < -0.4 is 5.73 Å². The minimum Gasteiger partial charge on any atom is -0.370 e. The Kier molecular flexibility index (Phi) is 4.11. The number of hydrogen-bond donors (Lipinski definition) is 1. The van der Waals surface area contributed by atoms with E-state index in [0.717, 1.165) is 0 Å². The number of aryl methyl sites for hydroxylation is 1. The predicted octanol–water partition coefficient (Wildman–Crippen LogP) is 2.92. The molecule has 1 aromatic carbocycles. The largest absolute Gasteiger partial charge is 0.370 e. The van der Waals surface area contributed by atoms with Crippen molar-refractivity contribution >= 4 is 5.91 Å². The van der Waals surface area contributed by atoms with Crippen LogP contribution in [0.15, 0.2) is 18.2 Å². The van der Waals surface area contributed by atoms with E-state index in [4.69, 9.17) is 5.73 Å². The Hall–Kier alpha value is -1.31. The van der Waals surface area contributed by atoms with Gasteiger partial charge in [-0.3, -0.25) is 4.79 Å². The number of hydrogen-bond acceptors (Lipinski definition) is 1. The summed E-state index contributed by atoms with van der Waals surface area (Å²) in [7, 11) is 0. The summed E-state index contributed by atoms with van der Waals surface area (Å²) in [4.78, 5) is 11.1. The maximum Gasteiger partial charge on any atom is 0.218 e. The van der Waals surface area contributed by atoms with Crippen molar-refractivity contribution in [2.45, 2.75) is 40.0 Å². The summed E-state index contributed by atoms with van der Waals surface area (Å²) in [6.45, 7) is 8.48. The van der Waals surface area contributed by atoms with Crippen LogP contribution in [-0.4, -0.2) is 5.91 Å². The van der Waals surface area contributed by atoms with Gasteiger partial charge in [0.05, 0.1) is 0 Å². The number of benzene rings is 1. The monoisotopic (exact) mass is 219 g/mol. The number of amides is 1. The summed E-state index contributed by atoms with van der Waals surface area (Å²) in [6.07, 6.45) is 0.432. The molecule has 0 aliphatic rings. The van der Waals surface area contributed by atoms with E-state index in [1.807, 2.05) is 6.07 Å². The van der Waals surface area contributed by atoms with Gasteiger partial charge in [0.2, 0.25) is 5.91 Å². The first-order valence-corrected chi connectivity index (χ1v) is 5.78. The second kappa shape index (κ2) is 5.15. The van der Waals surface area contributed by atoms with Gasteiger partial charge in [0.25, 0.3) is 0 Å². The number of carbonyl (C=O) groups excluding carboxylic acids is 1. The Balaban J connectivity index is 3.10. The summed E-state index contributed by atoms with van der Waals surface area (Å²) in [5.41, 5.74) is 9.13. The highest BCUT2D eigenvalue weighted by molar-refractivity contribution is 5.75. The minimum atomic E-state index is -0.223. The molecule has 1 aromatic rings. The van der Waals surface area contributed by atoms with Crippen LogP contribution in [0.5, 0.6) is 0 Å². The Bertz CT molecular complexity index is 382. The molecule has 1 unspecified atom stereocenters. The van der Waals surface area contributed by atoms with Crippen molar-refractivity contribution in [1.29, 1.82) is 0 Å². The van der Waals surface area contributed by atoms with Crippen molar-refractivity contribution in [3.8, 4) is 0 Å². The highest BCUT2D eigenvalue weighted by atomic mass is 16.1. The van der Waals surface area contributed by atoms with E-state index in [1.54, 1.807) is 0 Å². The number of rotatable bonds is 4. The van der Waals surface area contributed by atoms with Crippen LogP contribution in [-0.2, 0) is 4.79 Å². The molecule has 0 spiro atoms. The predicted molar refractivity (Wildman–Crippen MR) is 67.3 cm³/mol. The van der Waals surface area contributed by atoms with Gasteiger partial charge in [-0.25, -0.2) is 0 Å². The standard InChI is InChI=1S/C14H21NO/c1-9(2)13(8-14(15)16)12-7-5-6-10(3)11(12)4/h5-7,9,13H,8H2,1-4H3,(H2,15,16). The molecule has 0 heterocycles. The molecule has 2 heteroatoms. The van der Waals surface area contributed by atoms with E-state index >= 15 is 0 Å². The van der Waals surface area contributed by atoms with E-state index in [-0.39, 0.29) is 11.8 Å². The first-order valence-electron chi connectivity index (χ1n) is 5.78. The van der Waals surface area contributed by atoms with Crippen molar-refractivity contribution < 1.29 is 4.79 Å². The van der Waals surface area contributed by atoms with Gasteiger partial charge >= 0.3 is 0 Å². The Morgan fingerprint density at radius 3 is 2.44 bits per heavy atom. The average molecular weight is 219 g/mol. The Morgan fingerprint density at radius 1 is 1.31 bits per heavy atom. The highest BCUT2D eigenvalue weighted by Gasteiger charge is 2.20. The van der Waals surface area contributed by atoms with Crippen LogP contribution in [0.3, 0.4) is 0 Å². The summed E-state index contributed by atoms with van der Waals surface area (Å²) in [5, 5.41) is 0. The number of carbonyl (C=O) groups is 1. The molecule has 88 valence electrons. The third-order valence-corrected chi connectivity index (χ3v) is 3.27. The van der Waals surface area contributed by atoms with E-state index in [1.165, 1.54) is 16.7 Å². The van der Waals surface area contributed by atoms with Crippen LogP contribution in [0.1, 0.15) is 42.9 Å². The lowest BCUT2D eigenvalue weighted by Crippen LogP contribution is -2.19. The minimum absolute atomic E-state index is 0.223. The first-order chi connectivity index (χ1) is 7.43. The molecule has 0 saturated carbocycles. The molecule has 0 bridgehead atoms. The van der Waals surface area contributed by atoms with Gasteiger partial charge in [0, 0.05) is 6.42 Å². The lowest BCUT2D eigenvalue weighted by Gasteiger charge is -2.22. The van der Waals surface area contributed by atoms with Crippen LogP contribution >= 0.6 is 0 Å². The summed E-state index contributed by atoms with van der Waals surface area (Å²) in [5.74, 6) is 0.435. The first kappa shape index (κ1) is 12.8. The van der Waals surface area contributed by atoms with Gasteiger partial charge in [-0.2, -0.15) is 0 Å². The molecule has 1 atom stereocenters. The normalized spacial score (nSPS) is 12.8. The fourth-order valence-electron chi connectivity index (χ4n) is 2.10. The third-order valence-electron chi connectivity index (χ3n) is 3.27. The van der Waals surface area contributed by atoms with Crippen LogP contribution in [0.2, 0.25) is 0 Å². The highest BCUT2D eigenvalue weighted by Crippen LogP contribution is 2.31. The van der Waals surface area contributed by atoms with Crippen LogP contribution in [0, 0.1) is 19.8 Å². The fraction of sp³-hybridized carbons (Fsp3) is 0.500. The van der Waals surface area contributed by atoms with Crippen LogP contribution in [0.4, 0.5) is 0 Å². The molecular weight excluding hydrogens is 198 g/mol. The lowest BCUT2D eigenvalue weighted by atomic mass is 9.82. The smallest absolute Gasteiger partial charge is 0.218 e. The zero-order valence-corrected chi connectivity index (χ0v) is 10.6. The Labute approximate surface area is 97.9 Å². The van der Waals surface area contributed by atoms with Crippen molar-refractivity contribution in [3.63, 3.8) is 0 Å². The molecule has 0 saturated heterocycles. The quantitative estimate of drug-likeness (QED) is 0.831. The van der Waals surface area contributed by atoms with Gasteiger partial charge in [0.1, 0.15) is 0 Å². The van der Waals surface area contributed by atoms with E-state index < -0.39 is 0 Å². The molecule has 0 aliphatic carbocycles. The molecule has 0 fully saturated rings. The number of nitrogens with two attached hydrogens (primary N) is 1. The summed E-state index contributed by atoms with van der Waals surface area (Å²) >= 11 is 0. The van der Waals surface area contributed by atoms with E-state index in [9.17, 15) is 4.79 Å². The second-order valence-corrected chi connectivity index (χ2v) is 4.81. The summed E-state index contributed by atoms with van der Waals surface area (Å²) in [6, 6.07) is 6.25. The van der Waals surface area contributed by atoms with Gasteiger partial charge in [-0.15, -0.1) is 0 Å². The van der Waals surface area contributed by atoms with E-state index in [2.05, 4.69) is 39.8 Å². The zero-order valence-electron chi connectivity index (χ0n) is 10.6. The van der Waals surface area contributed by atoms with Gasteiger partial charge in [-0.1, -0.05) is 32.0 Å². The molecule has 2 nitrogen and oxygen atoms in total. The van der Waals surface area contributed by atoms with Gasteiger partial charge in [-0.05, 0) is 42.4 Å². The second-order valence-electron chi connectivity index (χ2n) is 4.81. The third kappa shape index (κ3) is 2.84. The van der Waals surface area contributed by atoms with Crippen LogP contribution in [0.25, 0.3) is 0 Å². The lowest BCUT2D eigenvalue weighted by molar-refractivity contribution is -0.118. The zero-order chi connectivity index (χ0) is 12.3. The molecule has 0 aromatic heterocycles. The van der Waals surface area contributed by atoms with E-state index in [0.29, 0.717) is 12.3 Å². The van der Waals surface area contributed by atoms with Gasteiger partial charge in [0.15, 0.2) is 0 Å². The topological polar surface area (TPSA) is 43.1 Å². The maximum atomic E-state index is 11.1. The van der Waals surface area contributed by atoms with Crippen molar-refractivity contribution in [1.82, 2.24) is 0 Å². The van der Waals surface area contributed by atoms with Gasteiger partial charge < -0.3 is 5.73 Å². The molecule has 0 radical (unpaired) electrons. The average Bonchev–Trinajstić information content (AvgIpc) is 2.18. The number of primary amides is 1. The molecule has 2 N–H and O–H groups in total. The fourth-order valence-corrected chi connectivity index (χ4v) is 2.10.